The molecule has 1 unspecified atom stereocenters. The van der Waals surface area contributed by atoms with Crippen LogP contribution in [0.3, 0.4) is 0 Å². The van der Waals surface area contributed by atoms with Gasteiger partial charge in [0.25, 0.3) is 0 Å². The molecule has 82 valence electrons. The molecular weight excluding hydrogens is 192 g/mol. The summed E-state index contributed by atoms with van der Waals surface area (Å²) in [4.78, 5) is 11.3. The topological polar surface area (TPSA) is 61.4 Å². The Morgan fingerprint density at radius 2 is 2.07 bits per heavy atom. The molecule has 0 spiro atoms. The lowest BCUT2D eigenvalue weighted by molar-refractivity contribution is -0.115. The van der Waals surface area contributed by atoms with Crippen molar-refractivity contribution in [2.24, 2.45) is 0 Å². The summed E-state index contributed by atoms with van der Waals surface area (Å²) in [7, 11) is 0. The van der Waals surface area contributed by atoms with Gasteiger partial charge in [-0.25, -0.2) is 0 Å². The van der Waals surface area contributed by atoms with Crippen molar-refractivity contribution in [2.45, 2.75) is 13.0 Å². The zero-order chi connectivity index (χ0) is 11.1. The van der Waals surface area contributed by atoms with E-state index in [-0.39, 0.29) is 12.5 Å². The number of hydrogen-bond donors (Lipinski definition) is 3. The number of aliphatic hydroxyl groups excluding tert-OH is 1. The summed E-state index contributed by atoms with van der Waals surface area (Å²) >= 11 is 0. The second kappa shape index (κ2) is 6.16. The van der Waals surface area contributed by atoms with Crippen molar-refractivity contribution in [3.63, 3.8) is 0 Å². The third kappa shape index (κ3) is 5.15. The van der Waals surface area contributed by atoms with E-state index < -0.39 is 6.10 Å². The molecule has 4 heteroatoms. The van der Waals surface area contributed by atoms with E-state index in [1.807, 2.05) is 30.3 Å². The smallest absolute Gasteiger partial charge is 0.238 e. The van der Waals surface area contributed by atoms with Gasteiger partial charge in [-0.3, -0.25) is 4.79 Å². The van der Waals surface area contributed by atoms with Crippen LogP contribution in [0.2, 0.25) is 0 Å². The molecule has 0 aliphatic carbocycles. The molecule has 1 aromatic rings. The minimum absolute atomic E-state index is 0.109. The fourth-order valence-corrected chi connectivity index (χ4v) is 1.12. The monoisotopic (exact) mass is 208 g/mol. The number of rotatable bonds is 5. The Balaban J connectivity index is 2.25. The Morgan fingerprint density at radius 1 is 1.40 bits per heavy atom. The van der Waals surface area contributed by atoms with E-state index >= 15 is 0 Å². The summed E-state index contributed by atoms with van der Waals surface area (Å²) in [5.74, 6) is -0.109. The van der Waals surface area contributed by atoms with Crippen LogP contribution in [0.15, 0.2) is 30.3 Å². The Morgan fingerprint density at radius 3 is 2.67 bits per heavy atom. The third-order valence-corrected chi connectivity index (χ3v) is 1.78. The van der Waals surface area contributed by atoms with Crippen molar-refractivity contribution >= 4 is 11.6 Å². The second-order valence-corrected chi connectivity index (χ2v) is 3.39. The maximum absolute atomic E-state index is 11.3. The molecule has 4 nitrogen and oxygen atoms in total. The minimum Gasteiger partial charge on any atom is -0.392 e. The lowest BCUT2D eigenvalue weighted by Gasteiger charge is -2.07. The highest BCUT2D eigenvalue weighted by atomic mass is 16.3. The van der Waals surface area contributed by atoms with Crippen molar-refractivity contribution in [2.75, 3.05) is 18.4 Å². The standard InChI is InChI=1S/C11H16N2O2/c1-9(14)7-12-8-11(15)13-10-5-3-2-4-6-10/h2-6,9,12,14H,7-8H2,1H3,(H,13,15). The highest BCUT2D eigenvalue weighted by molar-refractivity contribution is 5.92. The molecule has 0 radical (unpaired) electrons. The number of nitrogens with one attached hydrogen (secondary N) is 2. The Labute approximate surface area is 89.3 Å². The lowest BCUT2D eigenvalue weighted by atomic mass is 10.3. The third-order valence-electron chi connectivity index (χ3n) is 1.78. The van der Waals surface area contributed by atoms with Gasteiger partial charge in [0, 0.05) is 12.2 Å². The summed E-state index contributed by atoms with van der Waals surface area (Å²) in [6.07, 6.45) is -0.436. The van der Waals surface area contributed by atoms with Crippen molar-refractivity contribution < 1.29 is 9.90 Å². The van der Waals surface area contributed by atoms with Gasteiger partial charge >= 0.3 is 0 Å². The van der Waals surface area contributed by atoms with Crippen molar-refractivity contribution in [1.82, 2.24) is 5.32 Å². The molecule has 0 saturated heterocycles. The van der Waals surface area contributed by atoms with Gasteiger partial charge in [0.1, 0.15) is 0 Å². The quantitative estimate of drug-likeness (QED) is 0.664. The number of amides is 1. The number of hydrogen-bond acceptors (Lipinski definition) is 3. The van der Waals surface area contributed by atoms with Crippen LogP contribution >= 0.6 is 0 Å². The number of benzene rings is 1. The molecule has 1 amide bonds. The van der Waals surface area contributed by atoms with Crippen LogP contribution in [0.1, 0.15) is 6.92 Å². The van der Waals surface area contributed by atoms with Crippen LogP contribution in [0.4, 0.5) is 5.69 Å². The van der Waals surface area contributed by atoms with Crippen LogP contribution in [0.25, 0.3) is 0 Å². The average Bonchev–Trinajstić information content (AvgIpc) is 2.18. The van der Waals surface area contributed by atoms with Crippen LogP contribution in [-0.2, 0) is 4.79 Å². The molecule has 0 aromatic heterocycles. The largest absolute Gasteiger partial charge is 0.392 e. The van der Waals surface area contributed by atoms with E-state index in [2.05, 4.69) is 10.6 Å². The van der Waals surface area contributed by atoms with Crippen molar-refractivity contribution in [3.8, 4) is 0 Å². The maximum Gasteiger partial charge on any atom is 0.238 e. The van der Waals surface area contributed by atoms with Crippen molar-refractivity contribution in [3.05, 3.63) is 30.3 Å². The SMILES string of the molecule is CC(O)CNCC(=O)Nc1ccccc1. The molecule has 0 aliphatic rings. The summed E-state index contributed by atoms with van der Waals surface area (Å²) < 4.78 is 0. The van der Waals surface area contributed by atoms with E-state index in [0.29, 0.717) is 6.54 Å². The minimum atomic E-state index is -0.436. The Kier molecular flexibility index (Phi) is 4.80. The molecule has 1 rings (SSSR count). The molecule has 0 aliphatic heterocycles. The van der Waals surface area contributed by atoms with E-state index in [1.54, 1.807) is 6.92 Å². The molecule has 0 heterocycles. The van der Waals surface area contributed by atoms with Gasteiger partial charge in [-0.05, 0) is 19.1 Å². The van der Waals surface area contributed by atoms with Gasteiger partial charge in [0.05, 0.1) is 12.6 Å². The van der Waals surface area contributed by atoms with Gasteiger partial charge in [0.15, 0.2) is 0 Å². The van der Waals surface area contributed by atoms with Gasteiger partial charge in [0.2, 0.25) is 5.91 Å². The second-order valence-electron chi connectivity index (χ2n) is 3.39. The first-order chi connectivity index (χ1) is 7.18. The van der Waals surface area contributed by atoms with Gasteiger partial charge in [-0.2, -0.15) is 0 Å². The van der Waals surface area contributed by atoms with Gasteiger partial charge in [-0.1, -0.05) is 18.2 Å². The Bertz CT molecular complexity index is 299. The molecule has 1 atom stereocenters. The van der Waals surface area contributed by atoms with Crippen LogP contribution in [0, 0.1) is 0 Å². The van der Waals surface area contributed by atoms with Gasteiger partial charge < -0.3 is 15.7 Å². The van der Waals surface area contributed by atoms with Crippen LogP contribution in [-0.4, -0.2) is 30.2 Å². The predicted octanol–water partition coefficient (Wildman–Crippen LogP) is 0.595. The van der Waals surface area contributed by atoms with Crippen LogP contribution in [0.5, 0.6) is 0 Å². The van der Waals surface area contributed by atoms with Crippen molar-refractivity contribution in [1.29, 1.82) is 0 Å². The predicted molar refractivity (Wildman–Crippen MR) is 59.6 cm³/mol. The summed E-state index contributed by atoms with van der Waals surface area (Å²) in [5, 5.41) is 14.5. The fraction of sp³-hybridized carbons (Fsp3) is 0.364. The average molecular weight is 208 g/mol. The zero-order valence-corrected chi connectivity index (χ0v) is 8.73. The highest BCUT2D eigenvalue weighted by Gasteiger charge is 2.01. The molecule has 0 bridgehead atoms. The first kappa shape index (κ1) is 11.7. The summed E-state index contributed by atoms with van der Waals surface area (Å²) in [5.41, 5.74) is 0.779. The fourth-order valence-electron chi connectivity index (χ4n) is 1.12. The molecule has 0 fully saturated rings. The molecule has 0 saturated carbocycles. The highest BCUT2D eigenvalue weighted by Crippen LogP contribution is 2.03. The van der Waals surface area contributed by atoms with Gasteiger partial charge in [-0.15, -0.1) is 0 Å². The lowest BCUT2D eigenvalue weighted by Crippen LogP contribution is -2.32. The van der Waals surface area contributed by atoms with Crippen LogP contribution < -0.4 is 10.6 Å². The molecule has 15 heavy (non-hydrogen) atoms. The van der Waals surface area contributed by atoms with E-state index in [1.165, 1.54) is 0 Å². The van der Waals surface area contributed by atoms with E-state index in [4.69, 9.17) is 5.11 Å². The molecule has 3 N–H and O–H groups in total. The first-order valence-electron chi connectivity index (χ1n) is 4.92. The maximum atomic E-state index is 11.3. The number of para-hydroxylation sites is 1. The normalized spacial score (nSPS) is 12.1. The number of anilines is 1. The molecule has 1 aromatic carbocycles. The number of carbonyl (C=O) groups is 1. The first-order valence-corrected chi connectivity index (χ1v) is 4.92. The number of aliphatic hydroxyl groups is 1. The van der Waals surface area contributed by atoms with E-state index in [9.17, 15) is 4.79 Å². The zero-order valence-electron chi connectivity index (χ0n) is 8.73. The molecular formula is C11H16N2O2. The number of carbonyl (C=O) groups excluding carboxylic acids is 1. The summed E-state index contributed by atoms with van der Waals surface area (Å²) in [6, 6.07) is 9.26. The summed E-state index contributed by atoms with van der Waals surface area (Å²) in [6.45, 7) is 2.30. The van der Waals surface area contributed by atoms with E-state index in [0.717, 1.165) is 5.69 Å². The Hall–Kier alpha value is -1.39.